The van der Waals surface area contributed by atoms with E-state index in [0.29, 0.717) is 5.92 Å². The minimum Gasteiger partial charge on any atom is -0.324 e. The maximum Gasteiger partial charge on any atom is 0.159 e. The van der Waals surface area contributed by atoms with Crippen LogP contribution in [-0.4, -0.2) is 33.3 Å². The number of imidazole rings is 1. The summed E-state index contributed by atoms with van der Waals surface area (Å²) in [6.07, 6.45) is 8.59. The van der Waals surface area contributed by atoms with E-state index in [1.807, 2.05) is 33.0 Å². The zero-order valence-corrected chi connectivity index (χ0v) is 22.1. The number of nitrogens with zero attached hydrogens (tertiary/aromatic N) is 4. The summed E-state index contributed by atoms with van der Waals surface area (Å²) in [6, 6.07) is 5.93. The molecule has 3 heterocycles. The number of nitrogens with one attached hydrogen (secondary N) is 1. The zero-order chi connectivity index (χ0) is 25.4. The highest BCUT2D eigenvalue weighted by Crippen LogP contribution is 2.25. The van der Waals surface area contributed by atoms with E-state index in [1.165, 1.54) is 18.9 Å². The summed E-state index contributed by atoms with van der Waals surface area (Å²) in [4.78, 5) is 13.4. The molecule has 0 bridgehead atoms. The van der Waals surface area contributed by atoms with Crippen LogP contribution in [0.1, 0.15) is 39.2 Å². The highest BCUT2D eigenvalue weighted by molar-refractivity contribution is 9.10. The minimum atomic E-state index is -0.780. The lowest BCUT2D eigenvalue weighted by Crippen LogP contribution is -2.36. The van der Waals surface area contributed by atoms with Gasteiger partial charge in [0, 0.05) is 34.7 Å². The van der Waals surface area contributed by atoms with Gasteiger partial charge < -0.3 is 9.88 Å². The number of piperidine rings is 1. The van der Waals surface area contributed by atoms with Crippen molar-refractivity contribution in [1.29, 1.82) is 0 Å². The van der Waals surface area contributed by atoms with Crippen molar-refractivity contribution in [2.75, 3.05) is 13.1 Å². The lowest BCUT2D eigenvalue weighted by atomic mass is 9.99. The first-order valence-corrected chi connectivity index (χ1v) is 12.6. The summed E-state index contributed by atoms with van der Waals surface area (Å²) in [6.45, 7) is 13.2. The van der Waals surface area contributed by atoms with Crippen LogP contribution >= 0.6 is 15.9 Å². The third-order valence-corrected chi connectivity index (χ3v) is 6.43. The highest BCUT2D eigenvalue weighted by atomic mass is 79.9. The van der Waals surface area contributed by atoms with Crippen LogP contribution in [0.25, 0.3) is 24.2 Å². The molecule has 1 aliphatic heterocycles. The van der Waals surface area contributed by atoms with Crippen LogP contribution in [0.15, 0.2) is 46.1 Å². The molecule has 8 heteroatoms. The van der Waals surface area contributed by atoms with Gasteiger partial charge in [-0.3, -0.25) is 9.98 Å². The van der Waals surface area contributed by atoms with Gasteiger partial charge in [-0.15, -0.1) is 0 Å². The second-order valence-electron chi connectivity index (χ2n) is 8.75. The average Bonchev–Trinajstić information content (AvgIpc) is 3.15. The number of halogens is 3. The van der Waals surface area contributed by atoms with E-state index in [0.717, 1.165) is 70.0 Å². The van der Waals surface area contributed by atoms with Gasteiger partial charge in [-0.25, -0.2) is 13.8 Å². The van der Waals surface area contributed by atoms with Crippen molar-refractivity contribution in [3.05, 3.63) is 69.0 Å². The largest absolute Gasteiger partial charge is 0.324 e. The van der Waals surface area contributed by atoms with Gasteiger partial charge in [-0.05, 0) is 91.8 Å². The predicted molar refractivity (Wildman–Crippen MR) is 143 cm³/mol. The summed E-state index contributed by atoms with van der Waals surface area (Å²) in [7, 11) is 0. The van der Waals surface area contributed by atoms with Crippen LogP contribution in [0.2, 0.25) is 0 Å². The van der Waals surface area contributed by atoms with Crippen molar-refractivity contribution < 1.29 is 8.78 Å². The average molecular weight is 544 g/mol. The van der Waals surface area contributed by atoms with E-state index in [9.17, 15) is 8.78 Å². The number of hydrogen-bond acceptors (Lipinski definition) is 4. The molecule has 1 aromatic carbocycles. The number of pyridine rings is 1. The van der Waals surface area contributed by atoms with E-state index < -0.39 is 11.6 Å². The Bertz CT molecular complexity index is 1280. The smallest absolute Gasteiger partial charge is 0.159 e. The Balaban J connectivity index is 0.000000287. The number of aliphatic imine (C=N–C) groups is 1. The Kier molecular flexibility index (Phi) is 9.86. The van der Waals surface area contributed by atoms with Gasteiger partial charge in [0.15, 0.2) is 11.6 Å². The van der Waals surface area contributed by atoms with E-state index in [-0.39, 0.29) is 0 Å². The Morgan fingerprint density at radius 2 is 2.09 bits per heavy atom. The van der Waals surface area contributed by atoms with Crippen molar-refractivity contribution >= 4 is 34.4 Å². The molecule has 35 heavy (non-hydrogen) atoms. The van der Waals surface area contributed by atoms with Crippen LogP contribution in [0, 0.1) is 17.6 Å². The van der Waals surface area contributed by atoms with Crippen LogP contribution in [0.5, 0.6) is 0 Å². The Labute approximate surface area is 213 Å². The van der Waals surface area contributed by atoms with Crippen molar-refractivity contribution in [3.63, 3.8) is 0 Å². The van der Waals surface area contributed by atoms with Crippen LogP contribution < -0.4 is 16.0 Å². The molecule has 1 N–H and O–H groups in total. The van der Waals surface area contributed by atoms with Gasteiger partial charge in [0.2, 0.25) is 0 Å². The van der Waals surface area contributed by atoms with Gasteiger partial charge in [0.05, 0.1) is 11.5 Å². The molecule has 0 saturated carbocycles. The number of hydrogen-bond donors (Lipinski definition) is 1. The first-order valence-electron chi connectivity index (χ1n) is 11.8. The van der Waals surface area contributed by atoms with Gasteiger partial charge in [0.1, 0.15) is 11.2 Å². The number of aromatic nitrogens is 3. The standard InChI is InChI=1S/C19H24BrN5.C8H8F2/c1-13(2)23-11-18-14(3)25(12-15-5-4-7-21-9-15)19(24-18)16-6-8-22-10-17(16)20;1-2-6-3-4-7(9)8(10)5-6/h6,8,10-11,15,21H,3-5,7,9,12H2,1-2H3;3-5H,2H2,1H3/b18-11+;/t15-;/m0./s1. The fourth-order valence-electron chi connectivity index (χ4n) is 3.86. The Morgan fingerprint density at radius 3 is 2.71 bits per heavy atom. The molecule has 186 valence electrons. The molecule has 0 aliphatic carbocycles. The van der Waals surface area contributed by atoms with E-state index in [4.69, 9.17) is 4.98 Å². The fourth-order valence-corrected chi connectivity index (χ4v) is 4.28. The molecule has 0 unspecified atom stereocenters. The van der Waals surface area contributed by atoms with Crippen molar-refractivity contribution in [2.45, 2.75) is 46.6 Å². The maximum atomic E-state index is 12.4. The molecule has 0 spiro atoms. The molecule has 4 rings (SSSR count). The third-order valence-electron chi connectivity index (χ3n) is 5.79. The molecular weight excluding hydrogens is 512 g/mol. The first-order chi connectivity index (χ1) is 16.8. The normalized spacial score (nSPS) is 15.9. The molecule has 2 aromatic heterocycles. The predicted octanol–water partition coefficient (Wildman–Crippen LogP) is 4.86. The van der Waals surface area contributed by atoms with Crippen LogP contribution in [-0.2, 0) is 13.0 Å². The molecule has 0 radical (unpaired) electrons. The van der Waals surface area contributed by atoms with E-state index >= 15 is 0 Å². The number of benzene rings is 1. The Hall–Kier alpha value is -2.71. The SMILES string of the molecule is C=c1/c(=C\N=C(C)C)nc(-c2ccncc2Br)n1C[C@H]1CCCNC1.CCc1ccc(F)c(F)c1. The first kappa shape index (κ1) is 26.9. The number of aryl methyl sites for hydroxylation is 1. The molecule has 1 saturated heterocycles. The van der Waals surface area contributed by atoms with Crippen molar-refractivity contribution in [3.8, 4) is 11.4 Å². The number of rotatable bonds is 5. The van der Waals surface area contributed by atoms with Crippen LogP contribution in [0.4, 0.5) is 8.78 Å². The van der Waals surface area contributed by atoms with E-state index in [1.54, 1.807) is 18.5 Å². The molecular formula is C27H32BrF2N5. The van der Waals surface area contributed by atoms with Gasteiger partial charge in [-0.1, -0.05) is 19.6 Å². The quantitative estimate of drug-likeness (QED) is 0.467. The molecule has 1 atom stereocenters. The zero-order valence-electron chi connectivity index (χ0n) is 20.5. The topological polar surface area (TPSA) is 55.1 Å². The molecule has 0 amide bonds. The van der Waals surface area contributed by atoms with Crippen molar-refractivity contribution in [2.24, 2.45) is 10.9 Å². The van der Waals surface area contributed by atoms with Crippen LogP contribution in [0.3, 0.4) is 0 Å². The molecule has 3 aromatic rings. The fraction of sp³-hybridized carbons (Fsp3) is 0.370. The summed E-state index contributed by atoms with van der Waals surface area (Å²) in [5, 5.41) is 5.22. The second-order valence-corrected chi connectivity index (χ2v) is 9.61. The van der Waals surface area contributed by atoms with Crippen molar-refractivity contribution in [1.82, 2.24) is 19.9 Å². The third kappa shape index (κ3) is 7.39. The summed E-state index contributed by atoms with van der Waals surface area (Å²) in [5.41, 5.74) is 2.84. The molecule has 1 fully saturated rings. The summed E-state index contributed by atoms with van der Waals surface area (Å²) >= 11 is 3.60. The minimum absolute atomic E-state index is 0.590. The lowest BCUT2D eigenvalue weighted by Gasteiger charge is -2.24. The summed E-state index contributed by atoms with van der Waals surface area (Å²) in [5.74, 6) is -0.0383. The van der Waals surface area contributed by atoms with E-state index in [2.05, 4.69) is 42.4 Å². The molecule has 1 aliphatic rings. The highest BCUT2D eigenvalue weighted by Gasteiger charge is 2.18. The van der Waals surface area contributed by atoms with Gasteiger partial charge in [-0.2, -0.15) is 0 Å². The Morgan fingerprint density at radius 1 is 1.29 bits per heavy atom. The maximum absolute atomic E-state index is 12.4. The van der Waals surface area contributed by atoms with Gasteiger partial charge >= 0.3 is 0 Å². The molecule has 5 nitrogen and oxygen atoms in total. The van der Waals surface area contributed by atoms with Gasteiger partial charge in [0.25, 0.3) is 0 Å². The monoisotopic (exact) mass is 543 g/mol. The lowest BCUT2D eigenvalue weighted by molar-refractivity contribution is 0.336. The second kappa shape index (κ2) is 12.8. The summed E-state index contributed by atoms with van der Waals surface area (Å²) < 4.78 is 27.8.